The lowest BCUT2D eigenvalue weighted by atomic mass is 10.1. The van der Waals surface area contributed by atoms with Crippen LogP contribution in [-0.4, -0.2) is 11.1 Å². The molecule has 0 aliphatic carbocycles. The first-order valence-electron chi connectivity index (χ1n) is 6.73. The van der Waals surface area contributed by atoms with Crippen LogP contribution in [0.25, 0.3) is 6.08 Å². The van der Waals surface area contributed by atoms with Crippen LogP contribution in [0.15, 0.2) is 43.1 Å². The van der Waals surface area contributed by atoms with Gasteiger partial charge in [0.25, 0.3) is 5.91 Å². The summed E-state index contributed by atoms with van der Waals surface area (Å²) in [7, 11) is 0. The molecule has 7 heteroatoms. The molecule has 0 bridgehead atoms. The Morgan fingerprint density at radius 1 is 1.26 bits per heavy atom. The Balaban J connectivity index is 1.85. The third kappa shape index (κ3) is 4.07. The maximum absolute atomic E-state index is 12.1. The Kier molecular flexibility index (Phi) is 4.98. The van der Waals surface area contributed by atoms with Crippen molar-refractivity contribution in [3.8, 4) is 0 Å². The highest BCUT2D eigenvalue weighted by atomic mass is 127. The topological polar surface area (TPSA) is 54.6 Å². The standard InChI is InChI=1S/C16H12BrIN2O2S/c1-8-3-9(2)5-10(4-8)19-16-20-15(21)13(23-16)7-11-6-12(17)14(18)22-11/h3-7H,1-2H3,(H,19,20,21)/b13-7-. The molecule has 1 fully saturated rings. The number of amidine groups is 1. The van der Waals surface area contributed by atoms with Crippen LogP contribution in [0.2, 0.25) is 0 Å². The van der Waals surface area contributed by atoms with Gasteiger partial charge in [0.15, 0.2) is 8.93 Å². The Labute approximate surface area is 160 Å². The van der Waals surface area contributed by atoms with Crippen molar-refractivity contribution in [1.82, 2.24) is 5.32 Å². The maximum atomic E-state index is 12.1. The summed E-state index contributed by atoms with van der Waals surface area (Å²) in [6.45, 7) is 4.05. The molecule has 0 spiro atoms. The van der Waals surface area contributed by atoms with Crippen molar-refractivity contribution in [3.05, 3.63) is 54.3 Å². The smallest absolute Gasteiger partial charge is 0.264 e. The van der Waals surface area contributed by atoms with Crippen molar-refractivity contribution in [2.75, 3.05) is 0 Å². The zero-order valence-corrected chi connectivity index (χ0v) is 16.9. The van der Waals surface area contributed by atoms with E-state index in [9.17, 15) is 4.79 Å². The van der Waals surface area contributed by atoms with Crippen molar-refractivity contribution in [3.63, 3.8) is 0 Å². The first-order chi connectivity index (χ1) is 10.9. The molecule has 2 heterocycles. The van der Waals surface area contributed by atoms with Gasteiger partial charge < -0.3 is 9.73 Å². The summed E-state index contributed by atoms with van der Waals surface area (Å²) >= 11 is 6.78. The number of carbonyl (C=O) groups excluding carboxylic acids is 1. The molecule has 1 aromatic carbocycles. The number of amides is 1. The van der Waals surface area contributed by atoms with E-state index in [0.29, 0.717) is 15.8 Å². The van der Waals surface area contributed by atoms with Crippen molar-refractivity contribution < 1.29 is 9.21 Å². The van der Waals surface area contributed by atoms with E-state index in [0.717, 1.165) is 25.1 Å². The summed E-state index contributed by atoms with van der Waals surface area (Å²) in [6, 6.07) is 7.90. The molecule has 118 valence electrons. The minimum absolute atomic E-state index is 0.166. The summed E-state index contributed by atoms with van der Waals surface area (Å²) < 4.78 is 7.16. The van der Waals surface area contributed by atoms with Crippen LogP contribution < -0.4 is 5.32 Å². The predicted octanol–water partition coefficient (Wildman–Crippen LogP) is 5.16. The molecule has 23 heavy (non-hydrogen) atoms. The second-order valence-electron chi connectivity index (χ2n) is 5.10. The lowest BCUT2D eigenvalue weighted by molar-refractivity contribution is -0.115. The van der Waals surface area contributed by atoms with Gasteiger partial charge in [0, 0.05) is 28.7 Å². The van der Waals surface area contributed by atoms with E-state index >= 15 is 0 Å². The van der Waals surface area contributed by atoms with Gasteiger partial charge in [-0.1, -0.05) is 6.07 Å². The number of nitrogens with one attached hydrogen (secondary N) is 1. The molecule has 0 radical (unpaired) electrons. The van der Waals surface area contributed by atoms with E-state index in [4.69, 9.17) is 4.42 Å². The molecule has 1 N–H and O–H groups in total. The molecular formula is C16H12BrIN2O2S. The average Bonchev–Trinajstić information content (AvgIpc) is 2.92. The molecule has 2 aromatic rings. The fourth-order valence-electron chi connectivity index (χ4n) is 2.18. The Morgan fingerprint density at radius 2 is 1.96 bits per heavy atom. The van der Waals surface area contributed by atoms with Gasteiger partial charge in [-0.25, -0.2) is 4.99 Å². The lowest BCUT2D eigenvalue weighted by Gasteiger charge is -2.00. The van der Waals surface area contributed by atoms with Crippen molar-refractivity contribution >= 4 is 73.1 Å². The van der Waals surface area contributed by atoms with Gasteiger partial charge >= 0.3 is 0 Å². The Hall–Kier alpha value is -1.06. The van der Waals surface area contributed by atoms with E-state index in [1.807, 2.05) is 32.0 Å². The van der Waals surface area contributed by atoms with Crippen LogP contribution in [0.5, 0.6) is 0 Å². The highest BCUT2D eigenvalue weighted by Crippen LogP contribution is 2.31. The number of hydrogen-bond donors (Lipinski definition) is 1. The van der Waals surface area contributed by atoms with Crippen LogP contribution in [0.1, 0.15) is 16.9 Å². The summed E-state index contributed by atoms with van der Waals surface area (Å²) in [6.07, 6.45) is 1.72. The highest BCUT2D eigenvalue weighted by Gasteiger charge is 2.24. The molecule has 0 unspecified atom stereocenters. The minimum atomic E-state index is -0.166. The third-order valence-electron chi connectivity index (χ3n) is 3.03. The van der Waals surface area contributed by atoms with Crippen LogP contribution in [0.4, 0.5) is 5.69 Å². The molecule has 3 rings (SSSR count). The van der Waals surface area contributed by atoms with Gasteiger partial charge in [-0.2, -0.15) is 0 Å². The summed E-state index contributed by atoms with van der Waals surface area (Å²) in [5, 5.41) is 3.36. The Bertz CT molecular complexity index is 818. The maximum Gasteiger partial charge on any atom is 0.264 e. The SMILES string of the molecule is Cc1cc(C)cc(N=C2NC(=O)/C(=C/c3cc(Br)c(I)o3)S2)c1. The van der Waals surface area contributed by atoms with Gasteiger partial charge in [-0.05, 0) is 70.9 Å². The molecule has 1 aliphatic rings. The highest BCUT2D eigenvalue weighted by molar-refractivity contribution is 14.1. The van der Waals surface area contributed by atoms with E-state index in [1.54, 1.807) is 6.08 Å². The van der Waals surface area contributed by atoms with E-state index < -0.39 is 0 Å². The second kappa shape index (κ2) is 6.82. The first-order valence-corrected chi connectivity index (χ1v) is 9.42. The van der Waals surface area contributed by atoms with Gasteiger partial charge in [0.05, 0.1) is 15.1 Å². The van der Waals surface area contributed by atoms with Gasteiger partial charge in [-0.3, -0.25) is 4.79 Å². The number of nitrogens with zero attached hydrogens (tertiary/aromatic N) is 1. The lowest BCUT2D eigenvalue weighted by Crippen LogP contribution is -2.19. The number of halogens is 2. The number of aryl methyl sites for hydroxylation is 2. The predicted molar refractivity (Wildman–Crippen MR) is 106 cm³/mol. The fourth-order valence-corrected chi connectivity index (χ4v) is 3.72. The number of carbonyl (C=O) groups is 1. The van der Waals surface area contributed by atoms with Crippen molar-refractivity contribution in [2.24, 2.45) is 4.99 Å². The zero-order chi connectivity index (χ0) is 16.6. The van der Waals surface area contributed by atoms with E-state index in [-0.39, 0.29) is 5.91 Å². The molecule has 1 aliphatic heterocycles. The minimum Gasteiger partial charge on any atom is -0.450 e. The summed E-state index contributed by atoms with van der Waals surface area (Å²) in [4.78, 5) is 17.1. The van der Waals surface area contributed by atoms with Crippen molar-refractivity contribution in [2.45, 2.75) is 13.8 Å². The monoisotopic (exact) mass is 502 g/mol. The summed E-state index contributed by atoms with van der Waals surface area (Å²) in [5.74, 6) is 0.465. The Morgan fingerprint density at radius 3 is 2.57 bits per heavy atom. The normalized spacial score (nSPS) is 18.0. The van der Waals surface area contributed by atoms with Gasteiger partial charge in [0.2, 0.25) is 0 Å². The second-order valence-corrected chi connectivity index (χ2v) is 7.96. The van der Waals surface area contributed by atoms with Crippen LogP contribution in [-0.2, 0) is 4.79 Å². The average molecular weight is 503 g/mol. The van der Waals surface area contributed by atoms with Gasteiger partial charge in [0.1, 0.15) is 5.76 Å². The molecule has 1 amide bonds. The number of furan rings is 1. The van der Waals surface area contributed by atoms with Crippen LogP contribution in [0, 0.1) is 17.6 Å². The van der Waals surface area contributed by atoms with Crippen LogP contribution >= 0.6 is 50.3 Å². The number of hydrogen-bond acceptors (Lipinski definition) is 4. The molecule has 1 saturated heterocycles. The number of aliphatic imine (C=N–C) groups is 1. The molecule has 0 saturated carbocycles. The molecule has 0 atom stereocenters. The number of rotatable bonds is 2. The molecule has 1 aromatic heterocycles. The first kappa shape index (κ1) is 16.8. The van der Waals surface area contributed by atoms with Crippen molar-refractivity contribution in [1.29, 1.82) is 0 Å². The molecule has 4 nitrogen and oxygen atoms in total. The van der Waals surface area contributed by atoms with E-state index in [2.05, 4.69) is 54.9 Å². The summed E-state index contributed by atoms with van der Waals surface area (Å²) in [5.41, 5.74) is 3.12. The van der Waals surface area contributed by atoms with Gasteiger partial charge in [-0.15, -0.1) is 0 Å². The van der Waals surface area contributed by atoms with Crippen LogP contribution in [0.3, 0.4) is 0 Å². The van der Waals surface area contributed by atoms with E-state index in [1.165, 1.54) is 11.8 Å². The number of thioether (sulfide) groups is 1. The fraction of sp³-hybridized carbons (Fsp3) is 0.125. The third-order valence-corrected chi connectivity index (χ3v) is 6.07. The number of benzene rings is 1. The quantitative estimate of drug-likeness (QED) is 0.456. The largest absolute Gasteiger partial charge is 0.450 e. The zero-order valence-electron chi connectivity index (χ0n) is 12.3. The molecular weight excluding hydrogens is 491 g/mol.